The number of nitrogens with one attached hydrogen (secondary N) is 10. The first kappa shape index (κ1) is 67.7. The Hall–Kier alpha value is -8.53. The first-order valence-corrected chi connectivity index (χ1v) is 26.1. The second-order valence-electron chi connectivity index (χ2n) is 18.2. The minimum Gasteiger partial charge on any atom is -0.497 e. The molecule has 33 heteroatoms. The van der Waals surface area contributed by atoms with Gasteiger partial charge >= 0.3 is 17.9 Å². The molecule has 0 aliphatic rings. The molecular formula is C49H66N12O19S2. The average Bonchev–Trinajstić information content (AvgIpc) is 4.00. The Morgan fingerprint density at radius 1 is 0.610 bits per heavy atom. The predicted molar refractivity (Wildman–Crippen MR) is 292 cm³/mol. The molecule has 2 aromatic carbocycles. The number of aliphatic carboxylic acids is 3. The molecule has 0 radical (unpaired) electrons. The van der Waals surface area contributed by atoms with Gasteiger partial charge in [-0.2, -0.15) is 25.3 Å². The number of carboxylic acids is 3. The van der Waals surface area contributed by atoms with E-state index in [0.717, 1.165) is 6.92 Å². The Labute approximate surface area is 477 Å². The van der Waals surface area contributed by atoms with E-state index in [1.165, 1.54) is 13.3 Å². The number of ether oxygens (including phenoxy) is 1. The van der Waals surface area contributed by atoms with Gasteiger partial charge in [0.1, 0.15) is 54.1 Å². The second kappa shape index (κ2) is 33.3. The molecule has 82 heavy (non-hydrogen) atoms. The maximum atomic E-state index is 14.1. The van der Waals surface area contributed by atoms with Crippen molar-refractivity contribution in [1.29, 1.82) is 0 Å². The molecule has 3 rings (SSSR count). The van der Waals surface area contributed by atoms with Gasteiger partial charge in [-0.3, -0.25) is 57.5 Å². The summed E-state index contributed by atoms with van der Waals surface area (Å²) in [6, 6.07) is -2.48. The van der Waals surface area contributed by atoms with Gasteiger partial charge in [-0.1, -0.05) is 30.3 Å². The van der Waals surface area contributed by atoms with Gasteiger partial charge < -0.3 is 94.6 Å². The third-order valence-electron chi connectivity index (χ3n) is 11.9. The van der Waals surface area contributed by atoms with Crippen LogP contribution in [-0.2, 0) is 75.2 Å². The van der Waals surface area contributed by atoms with Crippen LogP contribution in [0.5, 0.6) is 5.75 Å². The standard InChI is InChI=1S/C49H66N12O19S2/c1-22(63)40(48(77)60-35(21-82)49(78)79)61-46(75)31(14-24-17-52-28-6-4-3-5-26(24)28)57-43(72)29(11-12-38(66)67)55-47(76)34(19-62)59-44(73)32(15-36(51)64)58-45(74)33(16-39(68)69)54-37(65)18-53-42(71)30(56-41(70)27(50)20-81)13-23-7-9-25(80-2)10-8-23/h3-10,17,22,27,29-35,40,52,62-63,81-82H,11-16,18-21,50H2,1-2H3,(H2,51,64)(H,53,71)(H,54,65)(H,55,76)(H,56,70)(H,57,72)(H,58,74)(H,59,73)(H,60,77)(H,61,75)(H,66,67)(H,68,69)(H,78,79)/t22-,27+,29+,30+,31+,32+,33+,34+,35+,40+/m1/s1. The lowest BCUT2D eigenvalue weighted by atomic mass is 10.0. The number of aromatic amines is 1. The van der Waals surface area contributed by atoms with Crippen LogP contribution in [0.15, 0.2) is 54.7 Å². The topological polar surface area (TPSA) is 508 Å². The molecule has 19 N–H and O–H groups in total. The third kappa shape index (κ3) is 21.8. The third-order valence-corrected chi connectivity index (χ3v) is 12.7. The van der Waals surface area contributed by atoms with Crippen molar-refractivity contribution >= 4 is 113 Å². The number of H-pyrrole nitrogens is 1. The average molecular weight is 1190 g/mol. The van der Waals surface area contributed by atoms with Gasteiger partial charge in [0.05, 0.1) is 45.2 Å². The van der Waals surface area contributed by atoms with Crippen molar-refractivity contribution in [3.8, 4) is 5.75 Å². The van der Waals surface area contributed by atoms with E-state index >= 15 is 0 Å². The van der Waals surface area contributed by atoms with E-state index in [2.05, 4.69) is 67.5 Å². The number of rotatable bonds is 35. The van der Waals surface area contributed by atoms with Crippen molar-refractivity contribution in [3.05, 3.63) is 65.9 Å². The molecule has 10 atom stereocenters. The predicted octanol–water partition coefficient (Wildman–Crippen LogP) is -6.18. The Balaban J connectivity index is 1.83. The van der Waals surface area contributed by atoms with Crippen LogP contribution in [0.4, 0.5) is 0 Å². The monoisotopic (exact) mass is 1190 g/mol. The lowest BCUT2D eigenvalue weighted by Crippen LogP contribution is -2.62. The summed E-state index contributed by atoms with van der Waals surface area (Å²) in [6.07, 6.45) is -4.35. The summed E-state index contributed by atoms with van der Waals surface area (Å²) in [5, 5.41) is 69.8. The highest BCUT2D eigenvalue weighted by Gasteiger charge is 2.36. The number of carboxylic acid groups (broad SMARTS) is 3. The summed E-state index contributed by atoms with van der Waals surface area (Å²) in [4.78, 5) is 172. The number of thiol groups is 2. The maximum Gasteiger partial charge on any atom is 0.327 e. The van der Waals surface area contributed by atoms with Gasteiger partial charge in [0.25, 0.3) is 0 Å². The normalized spacial score (nSPS) is 14.6. The molecule has 0 bridgehead atoms. The molecule has 3 aromatic rings. The highest BCUT2D eigenvalue weighted by molar-refractivity contribution is 7.80. The van der Waals surface area contributed by atoms with Gasteiger partial charge in [0.2, 0.25) is 59.1 Å². The Kier molecular flexibility index (Phi) is 27.5. The van der Waals surface area contributed by atoms with Crippen molar-refractivity contribution < 1.29 is 92.6 Å². The first-order valence-electron chi connectivity index (χ1n) is 24.8. The van der Waals surface area contributed by atoms with E-state index in [0.29, 0.717) is 27.8 Å². The van der Waals surface area contributed by atoms with E-state index in [1.807, 2.05) is 10.6 Å². The zero-order valence-corrected chi connectivity index (χ0v) is 45.8. The number of carbonyl (C=O) groups excluding carboxylic acids is 10. The lowest BCUT2D eigenvalue weighted by Gasteiger charge is -2.28. The van der Waals surface area contributed by atoms with E-state index in [-0.39, 0.29) is 24.3 Å². The highest BCUT2D eigenvalue weighted by Crippen LogP contribution is 2.20. The van der Waals surface area contributed by atoms with Crippen LogP contribution < -0.4 is 64.1 Å². The van der Waals surface area contributed by atoms with Crippen molar-refractivity contribution in [2.45, 2.75) is 106 Å². The number of aliphatic hydroxyl groups is 2. The largest absolute Gasteiger partial charge is 0.497 e. The number of aliphatic hydroxyl groups excluding tert-OH is 2. The maximum absolute atomic E-state index is 14.1. The molecule has 0 aliphatic heterocycles. The second-order valence-corrected chi connectivity index (χ2v) is 19.0. The molecule has 1 heterocycles. The molecular weight excluding hydrogens is 1120 g/mol. The number of primary amides is 1. The number of amides is 10. The fraction of sp³-hybridized carbons (Fsp3) is 0.449. The van der Waals surface area contributed by atoms with E-state index in [9.17, 15) is 87.9 Å². The number of nitrogens with two attached hydrogens (primary N) is 2. The Morgan fingerprint density at radius 2 is 1.15 bits per heavy atom. The molecule has 1 aromatic heterocycles. The minimum absolute atomic E-state index is 0.0899. The summed E-state index contributed by atoms with van der Waals surface area (Å²) in [5.74, 6) is -16.5. The fourth-order valence-electron chi connectivity index (χ4n) is 7.55. The van der Waals surface area contributed by atoms with E-state index in [4.69, 9.17) is 16.2 Å². The molecule has 0 saturated heterocycles. The van der Waals surface area contributed by atoms with Crippen molar-refractivity contribution in [3.63, 3.8) is 0 Å². The quantitative estimate of drug-likeness (QED) is 0.0244. The smallest absolute Gasteiger partial charge is 0.327 e. The van der Waals surface area contributed by atoms with Crippen LogP contribution in [-0.4, -0.2) is 200 Å². The van der Waals surface area contributed by atoms with Gasteiger partial charge in [0, 0.05) is 47.9 Å². The van der Waals surface area contributed by atoms with Crippen LogP contribution in [0, 0.1) is 0 Å². The summed E-state index contributed by atoms with van der Waals surface area (Å²) in [5.41, 5.74) is 12.6. The molecule has 31 nitrogen and oxygen atoms in total. The highest BCUT2D eigenvalue weighted by atomic mass is 32.1. The van der Waals surface area contributed by atoms with Crippen LogP contribution >= 0.6 is 25.3 Å². The zero-order valence-electron chi connectivity index (χ0n) is 44.0. The van der Waals surface area contributed by atoms with Crippen LogP contribution in [0.1, 0.15) is 43.7 Å². The number of benzene rings is 2. The first-order chi connectivity index (χ1) is 38.7. The molecule has 10 amide bonds. The van der Waals surface area contributed by atoms with Crippen molar-refractivity contribution in [2.24, 2.45) is 11.5 Å². The van der Waals surface area contributed by atoms with E-state index < -0.39 is 176 Å². The summed E-state index contributed by atoms with van der Waals surface area (Å²) >= 11 is 7.88. The van der Waals surface area contributed by atoms with Gasteiger partial charge in [-0.05, 0) is 42.7 Å². The number of methoxy groups -OCH3 is 1. The molecule has 0 spiro atoms. The van der Waals surface area contributed by atoms with E-state index in [1.54, 1.807) is 48.5 Å². The number of carbonyl (C=O) groups is 13. The number of fused-ring (bicyclic) bond motifs is 1. The van der Waals surface area contributed by atoms with Crippen molar-refractivity contribution in [1.82, 2.24) is 52.8 Å². The van der Waals surface area contributed by atoms with Gasteiger partial charge in [0.15, 0.2) is 0 Å². The number of aromatic nitrogens is 1. The fourth-order valence-corrected chi connectivity index (χ4v) is 7.97. The SMILES string of the molecule is COc1ccc(C[C@H](NC(=O)[C@@H](N)CS)C(=O)NCC(=O)N[C@@H](CC(=O)O)C(=O)N[C@@H](CC(N)=O)C(=O)N[C@@H](CO)C(=O)N[C@@H](CCC(=O)O)C(=O)N[C@@H](Cc2c[nH]c3ccccc23)C(=O)N[C@H](C(=O)N[C@@H](CS)C(=O)O)[C@@H](C)O)cc1. The number of hydrogen-bond donors (Lipinski definition) is 19. The van der Waals surface area contributed by atoms with Crippen LogP contribution in [0.25, 0.3) is 10.9 Å². The summed E-state index contributed by atoms with van der Waals surface area (Å²) < 4.78 is 5.13. The van der Waals surface area contributed by atoms with Gasteiger partial charge in [-0.25, -0.2) is 4.79 Å². The Morgan fingerprint density at radius 3 is 1.71 bits per heavy atom. The van der Waals surface area contributed by atoms with Crippen molar-refractivity contribution in [2.75, 3.05) is 31.8 Å². The molecule has 0 unspecified atom stereocenters. The zero-order chi connectivity index (χ0) is 61.4. The van der Waals surface area contributed by atoms with Gasteiger partial charge in [-0.15, -0.1) is 0 Å². The molecule has 0 saturated carbocycles. The summed E-state index contributed by atoms with van der Waals surface area (Å²) in [6.45, 7) is -1.08. The number of para-hydroxylation sites is 1. The minimum atomic E-state index is -2.08. The Bertz CT molecular complexity index is 2800. The van der Waals surface area contributed by atoms with Crippen LogP contribution in [0.2, 0.25) is 0 Å². The number of hydrogen-bond acceptors (Lipinski definition) is 19. The summed E-state index contributed by atoms with van der Waals surface area (Å²) in [7, 11) is 1.43. The lowest BCUT2D eigenvalue weighted by molar-refractivity contribution is -0.142. The van der Waals surface area contributed by atoms with Crippen LogP contribution in [0.3, 0.4) is 0 Å². The molecule has 0 aliphatic carbocycles. The molecule has 0 fully saturated rings. The molecule has 448 valence electrons.